The number of hydrogen-bond acceptors (Lipinski definition) is 3. The second-order valence-corrected chi connectivity index (χ2v) is 5.30. The predicted molar refractivity (Wildman–Crippen MR) is 90.5 cm³/mol. The minimum atomic E-state index is -1.32. The molecule has 0 aliphatic rings. The summed E-state index contributed by atoms with van der Waals surface area (Å²) in [5, 5.41) is 12.2. The minimum absolute atomic E-state index is 0.0489. The van der Waals surface area contributed by atoms with Gasteiger partial charge >= 0.3 is 5.97 Å². The average Bonchev–Trinajstić information content (AvgIpc) is 2.57. The molecule has 0 atom stereocenters. The summed E-state index contributed by atoms with van der Waals surface area (Å²) in [4.78, 5) is 23.5. The maximum Gasteiger partial charge on any atom is 0.341 e. The zero-order valence-corrected chi connectivity index (χ0v) is 12.9. The Morgan fingerprint density at radius 1 is 1.25 bits per heavy atom. The lowest BCUT2D eigenvalue weighted by molar-refractivity contribution is 0.0695. The molecule has 2 N–H and O–H groups in total. The van der Waals surface area contributed by atoms with Crippen LogP contribution in [-0.4, -0.2) is 15.6 Å². The number of para-hydroxylation sites is 1. The molecule has 1 heterocycles. The van der Waals surface area contributed by atoms with Gasteiger partial charge in [-0.3, -0.25) is 4.79 Å². The number of carboxylic acids is 1. The van der Waals surface area contributed by atoms with E-state index in [2.05, 4.69) is 5.32 Å². The third-order valence-corrected chi connectivity index (χ3v) is 3.79. The molecule has 0 radical (unpaired) electrons. The van der Waals surface area contributed by atoms with Crippen LogP contribution in [0.15, 0.2) is 53.5 Å². The molecule has 0 amide bonds. The smallest absolute Gasteiger partial charge is 0.341 e. The number of aromatic nitrogens is 1. The summed E-state index contributed by atoms with van der Waals surface area (Å²) in [5.41, 5.74) is 0.355. The van der Waals surface area contributed by atoms with Gasteiger partial charge in [-0.25, -0.2) is 9.18 Å². The van der Waals surface area contributed by atoms with Crippen molar-refractivity contribution in [2.45, 2.75) is 13.5 Å². The Kier molecular flexibility index (Phi) is 4.04. The SMILES string of the molecule is CCn1cc(C(=O)O)c(=O)c2cc(F)c(Nc3ccccc3)cc21. The van der Waals surface area contributed by atoms with Crippen molar-refractivity contribution in [2.24, 2.45) is 0 Å². The molecule has 3 aromatic rings. The molecule has 24 heavy (non-hydrogen) atoms. The third-order valence-electron chi connectivity index (χ3n) is 3.79. The molecular weight excluding hydrogens is 311 g/mol. The first kappa shape index (κ1) is 15.7. The Bertz CT molecular complexity index is 981. The Morgan fingerprint density at radius 2 is 1.96 bits per heavy atom. The van der Waals surface area contributed by atoms with Crippen LogP contribution in [0.1, 0.15) is 17.3 Å². The Morgan fingerprint density at radius 3 is 2.58 bits per heavy atom. The number of halogens is 1. The van der Waals surface area contributed by atoms with Crippen LogP contribution < -0.4 is 10.7 Å². The van der Waals surface area contributed by atoms with Crippen molar-refractivity contribution < 1.29 is 14.3 Å². The summed E-state index contributed by atoms with van der Waals surface area (Å²) in [6, 6.07) is 11.7. The number of pyridine rings is 1. The van der Waals surface area contributed by atoms with Crippen molar-refractivity contribution in [1.82, 2.24) is 4.57 Å². The molecule has 2 aromatic carbocycles. The summed E-state index contributed by atoms with van der Waals surface area (Å²) in [6.45, 7) is 2.27. The summed E-state index contributed by atoms with van der Waals surface area (Å²) in [7, 11) is 0. The van der Waals surface area contributed by atoms with Gasteiger partial charge in [0.05, 0.1) is 11.2 Å². The number of carbonyl (C=O) groups is 1. The second-order valence-electron chi connectivity index (χ2n) is 5.30. The number of carboxylic acid groups (broad SMARTS) is 1. The standard InChI is InChI=1S/C18H15FN2O3/c1-2-21-10-13(18(23)24)17(22)12-8-14(19)15(9-16(12)21)20-11-6-4-3-5-7-11/h3-10,20H,2H2,1H3,(H,23,24). The van der Waals surface area contributed by atoms with Gasteiger partial charge in [0.2, 0.25) is 5.43 Å². The predicted octanol–water partition coefficient (Wildman–Crippen LogP) is 3.60. The number of benzene rings is 2. The lowest BCUT2D eigenvalue weighted by Gasteiger charge is -2.13. The van der Waals surface area contributed by atoms with E-state index in [1.165, 1.54) is 12.3 Å². The highest BCUT2D eigenvalue weighted by Gasteiger charge is 2.16. The van der Waals surface area contributed by atoms with Crippen molar-refractivity contribution in [3.63, 3.8) is 0 Å². The van der Waals surface area contributed by atoms with Crippen molar-refractivity contribution >= 4 is 28.2 Å². The molecule has 0 saturated heterocycles. The van der Waals surface area contributed by atoms with E-state index >= 15 is 0 Å². The van der Waals surface area contributed by atoms with Gasteiger partial charge in [0.15, 0.2) is 0 Å². The minimum Gasteiger partial charge on any atom is -0.477 e. The topological polar surface area (TPSA) is 71.3 Å². The summed E-state index contributed by atoms with van der Waals surface area (Å²) < 4.78 is 16.0. The fourth-order valence-electron chi connectivity index (χ4n) is 2.60. The molecule has 0 saturated carbocycles. The van der Waals surface area contributed by atoms with E-state index in [1.54, 1.807) is 16.7 Å². The highest BCUT2D eigenvalue weighted by molar-refractivity contribution is 5.93. The summed E-state index contributed by atoms with van der Waals surface area (Å²) >= 11 is 0. The van der Waals surface area contributed by atoms with Gasteiger partial charge in [0, 0.05) is 23.8 Å². The van der Waals surface area contributed by atoms with Crippen molar-refractivity contribution in [3.8, 4) is 0 Å². The molecule has 1 aromatic heterocycles. The van der Waals surface area contributed by atoms with Gasteiger partial charge in [-0.15, -0.1) is 0 Å². The first-order chi connectivity index (χ1) is 11.5. The molecular formula is C18H15FN2O3. The maximum atomic E-state index is 14.4. The van der Waals surface area contributed by atoms with Crippen molar-refractivity contribution in [3.05, 3.63) is 70.3 Å². The average molecular weight is 326 g/mol. The first-order valence-electron chi connectivity index (χ1n) is 7.43. The molecule has 0 bridgehead atoms. The van der Waals surface area contributed by atoms with Gasteiger partial charge in [0.25, 0.3) is 0 Å². The molecule has 5 nitrogen and oxygen atoms in total. The monoisotopic (exact) mass is 326 g/mol. The van der Waals surface area contributed by atoms with Crippen LogP contribution in [0, 0.1) is 5.82 Å². The van der Waals surface area contributed by atoms with Crippen LogP contribution in [0.25, 0.3) is 10.9 Å². The molecule has 0 aliphatic carbocycles. The van der Waals surface area contributed by atoms with E-state index in [0.717, 1.165) is 6.07 Å². The van der Waals surface area contributed by atoms with Gasteiger partial charge in [-0.2, -0.15) is 0 Å². The number of nitrogens with zero attached hydrogens (tertiary/aromatic N) is 1. The Labute approximate surface area is 137 Å². The van der Waals surface area contributed by atoms with Crippen LogP contribution in [0.5, 0.6) is 0 Å². The van der Waals surface area contributed by atoms with Crippen LogP contribution >= 0.6 is 0 Å². The molecule has 3 rings (SSSR count). The zero-order valence-electron chi connectivity index (χ0n) is 12.9. The zero-order chi connectivity index (χ0) is 17.3. The molecule has 122 valence electrons. The Balaban J connectivity index is 2.22. The molecule has 0 spiro atoms. The number of hydrogen-bond donors (Lipinski definition) is 2. The summed E-state index contributed by atoms with van der Waals surface area (Å²) in [5.74, 6) is -1.94. The van der Waals surface area contributed by atoms with Crippen LogP contribution in [-0.2, 0) is 6.54 Å². The molecule has 6 heteroatoms. The van der Waals surface area contributed by atoms with E-state index in [4.69, 9.17) is 5.11 Å². The lowest BCUT2D eigenvalue weighted by atomic mass is 10.1. The fourth-order valence-corrected chi connectivity index (χ4v) is 2.60. The van der Waals surface area contributed by atoms with E-state index < -0.39 is 17.2 Å². The van der Waals surface area contributed by atoms with Crippen molar-refractivity contribution in [2.75, 3.05) is 5.32 Å². The van der Waals surface area contributed by atoms with Gasteiger partial charge < -0.3 is 15.0 Å². The molecule has 0 unspecified atom stereocenters. The van der Waals surface area contributed by atoms with E-state index in [1.807, 2.05) is 25.1 Å². The normalized spacial score (nSPS) is 10.8. The Hall–Kier alpha value is -3.15. The van der Waals surface area contributed by atoms with Crippen LogP contribution in [0.4, 0.5) is 15.8 Å². The van der Waals surface area contributed by atoms with E-state index in [0.29, 0.717) is 17.7 Å². The third kappa shape index (κ3) is 2.74. The van der Waals surface area contributed by atoms with Crippen LogP contribution in [0.2, 0.25) is 0 Å². The second kappa shape index (κ2) is 6.16. The first-order valence-corrected chi connectivity index (χ1v) is 7.43. The number of rotatable bonds is 4. The largest absolute Gasteiger partial charge is 0.477 e. The van der Waals surface area contributed by atoms with Gasteiger partial charge in [-0.05, 0) is 31.2 Å². The molecule has 0 aliphatic heterocycles. The lowest BCUT2D eigenvalue weighted by Crippen LogP contribution is -2.19. The maximum absolute atomic E-state index is 14.4. The number of aryl methyl sites for hydroxylation is 1. The van der Waals surface area contributed by atoms with E-state index in [-0.39, 0.29) is 16.6 Å². The number of aromatic carboxylic acids is 1. The number of fused-ring (bicyclic) bond motifs is 1. The van der Waals surface area contributed by atoms with Gasteiger partial charge in [-0.1, -0.05) is 18.2 Å². The number of anilines is 2. The highest BCUT2D eigenvalue weighted by atomic mass is 19.1. The van der Waals surface area contributed by atoms with Crippen molar-refractivity contribution in [1.29, 1.82) is 0 Å². The summed E-state index contributed by atoms with van der Waals surface area (Å²) in [6.07, 6.45) is 1.29. The molecule has 0 fully saturated rings. The fraction of sp³-hybridized carbons (Fsp3) is 0.111. The van der Waals surface area contributed by atoms with Crippen LogP contribution in [0.3, 0.4) is 0 Å². The number of nitrogens with one attached hydrogen (secondary N) is 1. The highest BCUT2D eigenvalue weighted by Crippen LogP contribution is 2.25. The van der Waals surface area contributed by atoms with E-state index in [9.17, 15) is 14.0 Å². The van der Waals surface area contributed by atoms with Gasteiger partial charge in [0.1, 0.15) is 11.4 Å². The quantitative estimate of drug-likeness (QED) is 0.768.